The van der Waals surface area contributed by atoms with E-state index in [4.69, 9.17) is 4.74 Å². The van der Waals surface area contributed by atoms with Crippen molar-refractivity contribution in [2.24, 2.45) is 0 Å². The Labute approximate surface area is 81.6 Å². The van der Waals surface area contributed by atoms with Gasteiger partial charge in [-0.1, -0.05) is 20.3 Å². The number of rotatable bonds is 5. The van der Waals surface area contributed by atoms with E-state index < -0.39 is 0 Å². The summed E-state index contributed by atoms with van der Waals surface area (Å²) in [5, 5.41) is 4.88. The molecule has 1 fully saturated rings. The van der Waals surface area contributed by atoms with Crippen LogP contribution < -0.4 is 0 Å². The van der Waals surface area contributed by atoms with E-state index in [0.29, 0.717) is 0 Å². The van der Waals surface area contributed by atoms with Crippen molar-refractivity contribution in [1.29, 1.82) is 0 Å². The van der Waals surface area contributed by atoms with E-state index in [1.165, 1.54) is 19.4 Å². The van der Waals surface area contributed by atoms with Crippen LogP contribution in [0.1, 0.15) is 26.7 Å². The second-order valence-electron chi connectivity index (χ2n) is 3.47. The van der Waals surface area contributed by atoms with E-state index in [-0.39, 0.29) is 0 Å². The van der Waals surface area contributed by atoms with Crippen molar-refractivity contribution in [3.8, 4) is 0 Å². The molecule has 13 heavy (non-hydrogen) atoms. The summed E-state index contributed by atoms with van der Waals surface area (Å²) in [4.78, 5) is 0. The number of hydrazine groups is 1. The summed E-state index contributed by atoms with van der Waals surface area (Å²) in [5.41, 5.74) is 0. The van der Waals surface area contributed by atoms with Gasteiger partial charge in [-0.2, -0.15) is 0 Å². The first-order valence-corrected chi connectivity index (χ1v) is 5.46. The number of nitrogens with zero attached hydrogens (tertiary/aromatic N) is 2. The standard InChI is InChI=1S/C10H22N2O/c1-3-5-6-11(4-2)12-7-9-13-10-8-12/h3-10H2,1-2H3. The molecule has 1 aliphatic heterocycles. The number of hydrogen-bond acceptors (Lipinski definition) is 3. The normalized spacial score (nSPS) is 19.6. The van der Waals surface area contributed by atoms with E-state index in [1.807, 2.05) is 0 Å². The predicted octanol–water partition coefficient (Wildman–Crippen LogP) is 1.36. The molecular formula is C10H22N2O. The smallest absolute Gasteiger partial charge is 0.0608 e. The summed E-state index contributed by atoms with van der Waals surface area (Å²) < 4.78 is 5.33. The van der Waals surface area contributed by atoms with Gasteiger partial charge in [-0.15, -0.1) is 0 Å². The molecule has 1 rings (SSSR count). The summed E-state index contributed by atoms with van der Waals surface area (Å²) >= 11 is 0. The Hall–Kier alpha value is -0.120. The first-order valence-electron chi connectivity index (χ1n) is 5.46. The maximum absolute atomic E-state index is 5.33. The van der Waals surface area contributed by atoms with Crippen LogP contribution in [0, 0.1) is 0 Å². The van der Waals surface area contributed by atoms with E-state index >= 15 is 0 Å². The van der Waals surface area contributed by atoms with Crippen molar-refractivity contribution in [3.05, 3.63) is 0 Å². The minimum atomic E-state index is 0.891. The molecule has 1 heterocycles. The Kier molecular flexibility index (Phi) is 5.35. The molecule has 0 bridgehead atoms. The van der Waals surface area contributed by atoms with Crippen molar-refractivity contribution < 1.29 is 4.74 Å². The molecule has 0 atom stereocenters. The quantitative estimate of drug-likeness (QED) is 0.644. The monoisotopic (exact) mass is 186 g/mol. The highest BCUT2D eigenvalue weighted by molar-refractivity contribution is 4.60. The molecule has 78 valence electrons. The highest BCUT2D eigenvalue weighted by Gasteiger charge is 2.15. The second-order valence-corrected chi connectivity index (χ2v) is 3.47. The molecule has 0 aliphatic carbocycles. The van der Waals surface area contributed by atoms with Crippen LogP contribution in [0.5, 0.6) is 0 Å². The van der Waals surface area contributed by atoms with Gasteiger partial charge in [-0.25, -0.2) is 10.0 Å². The lowest BCUT2D eigenvalue weighted by Crippen LogP contribution is -2.48. The molecule has 0 unspecified atom stereocenters. The van der Waals surface area contributed by atoms with Crippen molar-refractivity contribution in [3.63, 3.8) is 0 Å². The molecule has 0 spiro atoms. The average molecular weight is 186 g/mol. The molecule has 0 radical (unpaired) electrons. The topological polar surface area (TPSA) is 15.7 Å². The number of unbranched alkanes of at least 4 members (excludes halogenated alkanes) is 1. The van der Waals surface area contributed by atoms with E-state index in [2.05, 4.69) is 23.9 Å². The van der Waals surface area contributed by atoms with Gasteiger partial charge in [0.05, 0.1) is 13.2 Å². The van der Waals surface area contributed by atoms with Gasteiger partial charge in [0.25, 0.3) is 0 Å². The van der Waals surface area contributed by atoms with Gasteiger partial charge in [-0.3, -0.25) is 0 Å². The lowest BCUT2D eigenvalue weighted by atomic mass is 10.3. The predicted molar refractivity (Wildman–Crippen MR) is 54.5 cm³/mol. The molecule has 3 heteroatoms. The number of hydrogen-bond donors (Lipinski definition) is 0. The van der Waals surface area contributed by atoms with Gasteiger partial charge in [-0.05, 0) is 6.42 Å². The molecule has 0 N–H and O–H groups in total. The molecule has 0 saturated carbocycles. The van der Waals surface area contributed by atoms with Crippen molar-refractivity contribution in [1.82, 2.24) is 10.0 Å². The summed E-state index contributed by atoms with van der Waals surface area (Å²) in [6.45, 7) is 10.7. The summed E-state index contributed by atoms with van der Waals surface area (Å²) in [7, 11) is 0. The van der Waals surface area contributed by atoms with Gasteiger partial charge in [0, 0.05) is 26.2 Å². The van der Waals surface area contributed by atoms with Gasteiger partial charge in [0.15, 0.2) is 0 Å². The molecule has 0 amide bonds. The fraction of sp³-hybridized carbons (Fsp3) is 1.00. The zero-order chi connectivity index (χ0) is 9.52. The SMILES string of the molecule is CCCCN(CC)N1CCOCC1. The van der Waals surface area contributed by atoms with E-state index in [9.17, 15) is 0 Å². The van der Waals surface area contributed by atoms with Crippen LogP contribution in [0.25, 0.3) is 0 Å². The minimum Gasteiger partial charge on any atom is -0.379 e. The average Bonchev–Trinajstić information content (AvgIpc) is 2.21. The Morgan fingerprint density at radius 1 is 1.23 bits per heavy atom. The second kappa shape index (κ2) is 6.35. The number of morpholine rings is 1. The molecule has 0 aromatic carbocycles. The first-order chi connectivity index (χ1) is 6.38. The van der Waals surface area contributed by atoms with Gasteiger partial charge in [0.1, 0.15) is 0 Å². The van der Waals surface area contributed by atoms with Crippen LogP contribution in [0.2, 0.25) is 0 Å². The molecule has 0 aromatic heterocycles. The van der Waals surface area contributed by atoms with Crippen molar-refractivity contribution in [2.45, 2.75) is 26.7 Å². The molecule has 1 aliphatic rings. The molecule has 3 nitrogen and oxygen atoms in total. The van der Waals surface area contributed by atoms with Crippen LogP contribution in [-0.4, -0.2) is 49.4 Å². The van der Waals surface area contributed by atoms with E-state index in [0.717, 1.165) is 32.8 Å². The Morgan fingerprint density at radius 3 is 2.46 bits per heavy atom. The van der Waals surface area contributed by atoms with Crippen LogP contribution >= 0.6 is 0 Å². The molecule has 0 aromatic rings. The van der Waals surface area contributed by atoms with Crippen molar-refractivity contribution >= 4 is 0 Å². The zero-order valence-corrected chi connectivity index (χ0v) is 8.96. The van der Waals surface area contributed by atoms with Crippen molar-refractivity contribution in [2.75, 3.05) is 39.4 Å². The van der Waals surface area contributed by atoms with Gasteiger partial charge < -0.3 is 4.74 Å². The van der Waals surface area contributed by atoms with Crippen LogP contribution in [-0.2, 0) is 4.74 Å². The maximum atomic E-state index is 5.33. The zero-order valence-electron chi connectivity index (χ0n) is 8.96. The summed E-state index contributed by atoms with van der Waals surface area (Å²) in [5.74, 6) is 0. The summed E-state index contributed by atoms with van der Waals surface area (Å²) in [6.07, 6.45) is 2.58. The van der Waals surface area contributed by atoms with E-state index in [1.54, 1.807) is 0 Å². The Balaban J connectivity index is 2.26. The highest BCUT2D eigenvalue weighted by Crippen LogP contribution is 2.04. The molecule has 1 saturated heterocycles. The fourth-order valence-electron chi connectivity index (χ4n) is 1.68. The minimum absolute atomic E-state index is 0.891. The third-order valence-corrected chi connectivity index (χ3v) is 2.52. The Morgan fingerprint density at radius 2 is 1.92 bits per heavy atom. The van der Waals surface area contributed by atoms with Gasteiger partial charge >= 0.3 is 0 Å². The number of ether oxygens (including phenoxy) is 1. The Bertz CT molecular complexity index is 124. The lowest BCUT2D eigenvalue weighted by Gasteiger charge is -2.36. The summed E-state index contributed by atoms with van der Waals surface area (Å²) in [6, 6.07) is 0. The maximum Gasteiger partial charge on any atom is 0.0608 e. The van der Waals surface area contributed by atoms with Crippen LogP contribution in [0.3, 0.4) is 0 Å². The lowest BCUT2D eigenvalue weighted by molar-refractivity contribution is -0.0878. The first kappa shape index (κ1) is 11.0. The largest absolute Gasteiger partial charge is 0.379 e. The van der Waals surface area contributed by atoms with Gasteiger partial charge in [0.2, 0.25) is 0 Å². The van der Waals surface area contributed by atoms with Crippen LogP contribution in [0.4, 0.5) is 0 Å². The molecular weight excluding hydrogens is 164 g/mol. The van der Waals surface area contributed by atoms with Crippen LogP contribution in [0.15, 0.2) is 0 Å². The third kappa shape index (κ3) is 3.63. The fourth-order valence-corrected chi connectivity index (χ4v) is 1.68. The third-order valence-electron chi connectivity index (χ3n) is 2.52. The highest BCUT2D eigenvalue weighted by atomic mass is 16.5.